The second kappa shape index (κ2) is 8.40. The summed E-state index contributed by atoms with van der Waals surface area (Å²) in [6.45, 7) is 1.92. The highest BCUT2D eigenvalue weighted by atomic mass is 19.1. The van der Waals surface area contributed by atoms with Crippen LogP contribution in [-0.2, 0) is 9.59 Å². The first-order valence-electron chi connectivity index (χ1n) is 9.82. The Kier molecular flexibility index (Phi) is 5.50. The molecule has 1 N–H and O–H groups in total. The van der Waals surface area contributed by atoms with E-state index in [-0.39, 0.29) is 5.57 Å². The molecule has 0 spiro atoms. The van der Waals surface area contributed by atoms with Gasteiger partial charge < -0.3 is 5.11 Å². The highest BCUT2D eigenvalue weighted by Crippen LogP contribution is 2.41. The zero-order chi connectivity index (χ0) is 22.0. The Labute approximate surface area is 179 Å². The zero-order valence-electron chi connectivity index (χ0n) is 16.8. The molecule has 0 bridgehead atoms. The number of nitrogens with zero attached hydrogens (tertiary/aromatic N) is 1. The van der Waals surface area contributed by atoms with E-state index >= 15 is 0 Å². The fourth-order valence-corrected chi connectivity index (χ4v) is 3.61. The lowest BCUT2D eigenvalue weighted by Gasteiger charge is -2.26. The summed E-state index contributed by atoms with van der Waals surface area (Å²) in [6, 6.07) is 21.1. The molecule has 1 amide bonds. The number of rotatable bonds is 5. The van der Waals surface area contributed by atoms with Crippen LogP contribution in [0.5, 0.6) is 0 Å². The molecule has 1 atom stereocenters. The van der Waals surface area contributed by atoms with E-state index in [9.17, 15) is 19.1 Å². The lowest BCUT2D eigenvalue weighted by Crippen LogP contribution is -2.30. The lowest BCUT2D eigenvalue weighted by atomic mass is 9.95. The van der Waals surface area contributed by atoms with E-state index in [4.69, 9.17) is 0 Å². The fourth-order valence-electron chi connectivity index (χ4n) is 3.61. The Morgan fingerprint density at radius 3 is 2.26 bits per heavy atom. The highest BCUT2D eigenvalue weighted by Gasteiger charge is 2.43. The predicted octanol–water partition coefficient (Wildman–Crippen LogP) is 5.32. The number of halogens is 1. The van der Waals surface area contributed by atoms with Gasteiger partial charge in [0.1, 0.15) is 5.82 Å². The Bertz CT molecular complexity index is 1180. The number of anilines is 1. The quantitative estimate of drug-likeness (QED) is 0.576. The van der Waals surface area contributed by atoms with E-state index in [0.717, 1.165) is 11.1 Å². The average molecular weight is 413 g/mol. The van der Waals surface area contributed by atoms with Crippen LogP contribution in [0.15, 0.2) is 96.3 Å². The van der Waals surface area contributed by atoms with Crippen LogP contribution in [0.2, 0.25) is 0 Å². The van der Waals surface area contributed by atoms with Crippen LogP contribution in [0.3, 0.4) is 0 Å². The molecule has 1 aliphatic rings. The molecule has 0 aliphatic carbocycles. The summed E-state index contributed by atoms with van der Waals surface area (Å²) in [5.41, 5.74) is 2.84. The van der Waals surface area contributed by atoms with Gasteiger partial charge in [-0.2, -0.15) is 0 Å². The predicted molar refractivity (Wildman–Crippen MR) is 118 cm³/mol. The number of aliphatic hydroxyl groups excluding tert-OH is 1. The molecule has 0 radical (unpaired) electrons. The standard InChI is InChI=1S/C26H20FNO3/c1-17-7-14-21(15-8-17)28-24(19-10-12-20(27)13-11-19)23(25(30)26(28)31)22(29)16-9-18-5-3-2-4-6-18/h2-16,24,30H,1H3/b16-9+. The first-order chi connectivity index (χ1) is 15.0. The van der Waals surface area contributed by atoms with E-state index in [1.807, 2.05) is 49.4 Å². The SMILES string of the molecule is Cc1ccc(N2C(=O)C(O)=C(C(=O)/C=C/c3ccccc3)C2c2ccc(F)cc2)cc1. The van der Waals surface area contributed by atoms with Gasteiger partial charge in [0.25, 0.3) is 5.91 Å². The van der Waals surface area contributed by atoms with E-state index in [1.54, 1.807) is 18.2 Å². The zero-order valence-corrected chi connectivity index (χ0v) is 16.8. The van der Waals surface area contributed by atoms with Crippen molar-refractivity contribution >= 4 is 23.5 Å². The van der Waals surface area contributed by atoms with Crippen LogP contribution in [0, 0.1) is 12.7 Å². The fraction of sp³-hybridized carbons (Fsp3) is 0.0769. The van der Waals surface area contributed by atoms with Gasteiger partial charge in [-0.15, -0.1) is 0 Å². The number of hydrogen-bond donors (Lipinski definition) is 1. The highest BCUT2D eigenvalue weighted by molar-refractivity contribution is 6.19. The molecule has 3 aromatic carbocycles. The van der Waals surface area contributed by atoms with E-state index in [0.29, 0.717) is 11.3 Å². The van der Waals surface area contributed by atoms with Gasteiger partial charge in [-0.3, -0.25) is 14.5 Å². The summed E-state index contributed by atoms with van der Waals surface area (Å²) in [6.07, 6.45) is 2.96. The average Bonchev–Trinajstić information content (AvgIpc) is 3.05. The molecule has 4 rings (SSSR count). The molecule has 5 heteroatoms. The summed E-state index contributed by atoms with van der Waals surface area (Å²) in [5, 5.41) is 10.7. The molecule has 1 unspecified atom stereocenters. The molecule has 1 aliphatic heterocycles. The normalized spacial score (nSPS) is 16.4. The van der Waals surface area contributed by atoms with E-state index in [2.05, 4.69) is 0 Å². The maximum Gasteiger partial charge on any atom is 0.294 e. The number of amides is 1. The van der Waals surface area contributed by atoms with Crippen LogP contribution in [0.1, 0.15) is 22.7 Å². The van der Waals surface area contributed by atoms with Crippen molar-refractivity contribution in [3.63, 3.8) is 0 Å². The van der Waals surface area contributed by atoms with Gasteiger partial charge in [0, 0.05) is 5.69 Å². The maximum atomic E-state index is 13.5. The number of allylic oxidation sites excluding steroid dienone is 1. The van der Waals surface area contributed by atoms with Gasteiger partial charge >= 0.3 is 0 Å². The maximum absolute atomic E-state index is 13.5. The monoisotopic (exact) mass is 413 g/mol. The molecule has 0 saturated heterocycles. The van der Waals surface area contributed by atoms with E-state index in [1.165, 1.54) is 35.2 Å². The third-order valence-electron chi connectivity index (χ3n) is 5.20. The van der Waals surface area contributed by atoms with Crippen LogP contribution < -0.4 is 4.90 Å². The van der Waals surface area contributed by atoms with Crippen LogP contribution in [-0.4, -0.2) is 16.8 Å². The second-order valence-electron chi connectivity index (χ2n) is 7.34. The van der Waals surface area contributed by atoms with Gasteiger partial charge in [0.15, 0.2) is 11.5 Å². The molecule has 0 aromatic heterocycles. The number of aryl methyl sites for hydroxylation is 1. The van der Waals surface area contributed by atoms with Crippen molar-refractivity contribution < 1.29 is 19.1 Å². The summed E-state index contributed by atoms with van der Waals surface area (Å²) in [7, 11) is 0. The summed E-state index contributed by atoms with van der Waals surface area (Å²) in [5.74, 6) is -2.19. The van der Waals surface area contributed by atoms with Crippen LogP contribution in [0.4, 0.5) is 10.1 Å². The first kappa shape index (κ1) is 20.3. The van der Waals surface area contributed by atoms with Crippen molar-refractivity contribution in [3.05, 3.63) is 119 Å². The third-order valence-corrected chi connectivity index (χ3v) is 5.20. The Morgan fingerprint density at radius 1 is 0.968 bits per heavy atom. The lowest BCUT2D eigenvalue weighted by molar-refractivity contribution is -0.117. The van der Waals surface area contributed by atoms with Gasteiger partial charge in [0.05, 0.1) is 11.6 Å². The number of carbonyl (C=O) groups excluding carboxylic acids is 2. The molecule has 0 saturated carbocycles. The largest absolute Gasteiger partial charge is 0.503 e. The van der Waals surface area contributed by atoms with Gasteiger partial charge in [-0.1, -0.05) is 66.2 Å². The molecule has 31 heavy (non-hydrogen) atoms. The molecule has 154 valence electrons. The molecular formula is C26H20FNO3. The molecule has 4 nitrogen and oxygen atoms in total. The number of hydrogen-bond acceptors (Lipinski definition) is 3. The minimum absolute atomic E-state index is 0.0376. The minimum Gasteiger partial charge on any atom is -0.503 e. The van der Waals surface area contributed by atoms with Crippen molar-refractivity contribution in [2.24, 2.45) is 0 Å². The number of aliphatic hydroxyl groups is 1. The van der Waals surface area contributed by atoms with Crippen molar-refractivity contribution in [2.45, 2.75) is 13.0 Å². The first-order valence-corrected chi connectivity index (χ1v) is 9.82. The third kappa shape index (κ3) is 4.03. The van der Waals surface area contributed by atoms with Crippen LogP contribution >= 0.6 is 0 Å². The van der Waals surface area contributed by atoms with Gasteiger partial charge in [-0.25, -0.2) is 4.39 Å². The second-order valence-corrected chi connectivity index (χ2v) is 7.34. The summed E-state index contributed by atoms with van der Waals surface area (Å²) >= 11 is 0. The van der Waals surface area contributed by atoms with E-state index < -0.39 is 29.3 Å². The number of carbonyl (C=O) groups is 2. The number of ketones is 1. The molecule has 3 aromatic rings. The van der Waals surface area contributed by atoms with Crippen LogP contribution in [0.25, 0.3) is 6.08 Å². The Balaban J connectivity index is 1.78. The minimum atomic E-state index is -0.872. The van der Waals surface area contributed by atoms with Gasteiger partial charge in [0.2, 0.25) is 0 Å². The van der Waals surface area contributed by atoms with Crippen molar-refractivity contribution in [1.29, 1.82) is 0 Å². The molecule has 1 heterocycles. The molecular weight excluding hydrogens is 393 g/mol. The Morgan fingerprint density at radius 2 is 1.61 bits per heavy atom. The summed E-state index contributed by atoms with van der Waals surface area (Å²) in [4.78, 5) is 27.5. The van der Waals surface area contributed by atoms with Crippen molar-refractivity contribution in [3.8, 4) is 0 Å². The smallest absolute Gasteiger partial charge is 0.294 e. The van der Waals surface area contributed by atoms with Crippen molar-refractivity contribution in [1.82, 2.24) is 0 Å². The molecule has 0 fully saturated rings. The summed E-state index contributed by atoms with van der Waals surface area (Å²) < 4.78 is 13.5. The topological polar surface area (TPSA) is 57.6 Å². The van der Waals surface area contributed by atoms with Gasteiger partial charge in [-0.05, 0) is 48.4 Å². The number of benzene rings is 3. The van der Waals surface area contributed by atoms with Crippen molar-refractivity contribution in [2.75, 3.05) is 4.90 Å². The Hall–Kier alpha value is -3.99.